The summed E-state index contributed by atoms with van der Waals surface area (Å²) in [4.78, 5) is 1.34. The van der Waals surface area contributed by atoms with Crippen LogP contribution in [-0.4, -0.2) is 12.8 Å². The van der Waals surface area contributed by atoms with Crippen LogP contribution in [0.25, 0.3) is 0 Å². The molecule has 0 fully saturated rings. The fraction of sp³-hybridized carbons (Fsp3) is 0.368. The molecule has 2 aromatic rings. The number of thioether (sulfide) groups is 1. The van der Waals surface area contributed by atoms with Crippen molar-refractivity contribution in [1.29, 1.82) is 0 Å². The van der Waals surface area contributed by atoms with E-state index in [1.54, 1.807) is 0 Å². The summed E-state index contributed by atoms with van der Waals surface area (Å²) >= 11 is 1.91. The second-order valence-corrected chi connectivity index (χ2v) is 6.55. The van der Waals surface area contributed by atoms with E-state index in [0.29, 0.717) is 6.04 Å². The summed E-state index contributed by atoms with van der Waals surface area (Å²) in [6, 6.07) is 18.2. The highest BCUT2D eigenvalue weighted by Crippen LogP contribution is 2.25. The summed E-state index contributed by atoms with van der Waals surface area (Å²) in [7, 11) is 2.04. The number of rotatable bonds is 7. The first-order chi connectivity index (χ1) is 10.2. The maximum absolute atomic E-state index is 3.43. The molecule has 1 N–H and O–H groups in total. The maximum Gasteiger partial charge on any atom is 0.0412 e. The molecule has 0 radical (unpaired) electrons. The number of nitrogens with one attached hydrogen (secondary N) is 1. The number of aryl methyl sites for hydroxylation is 2. The standard InChI is InChI=1S/C19H25NS/c1-4-5-16-8-10-17(11-9-16)19(20-3)14-21-18-12-6-15(2)7-13-18/h6-13,19-20H,4-5,14H2,1-3H3. The zero-order valence-corrected chi connectivity index (χ0v) is 14.0. The molecule has 2 rings (SSSR count). The highest BCUT2D eigenvalue weighted by molar-refractivity contribution is 7.99. The maximum atomic E-state index is 3.43. The molecule has 0 spiro atoms. The summed E-state index contributed by atoms with van der Waals surface area (Å²) in [5.41, 5.74) is 4.12. The van der Waals surface area contributed by atoms with E-state index in [1.165, 1.54) is 34.4 Å². The van der Waals surface area contributed by atoms with Crippen molar-refractivity contribution in [2.24, 2.45) is 0 Å². The summed E-state index contributed by atoms with van der Waals surface area (Å²) < 4.78 is 0. The fourth-order valence-corrected chi connectivity index (χ4v) is 3.41. The van der Waals surface area contributed by atoms with Crippen LogP contribution in [0.15, 0.2) is 53.4 Å². The molecule has 21 heavy (non-hydrogen) atoms. The van der Waals surface area contributed by atoms with E-state index in [2.05, 4.69) is 67.7 Å². The summed E-state index contributed by atoms with van der Waals surface area (Å²) in [6.07, 6.45) is 2.38. The molecule has 2 heteroatoms. The van der Waals surface area contributed by atoms with Crippen molar-refractivity contribution in [1.82, 2.24) is 5.32 Å². The van der Waals surface area contributed by atoms with Gasteiger partial charge in [-0.3, -0.25) is 0 Å². The average Bonchev–Trinajstić information content (AvgIpc) is 2.51. The van der Waals surface area contributed by atoms with Crippen LogP contribution in [0, 0.1) is 6.92 Å². The Hall–Kier alpha value is -1.25. The van der Waals surface area contributed by atoms with Crippen LogP contribution in [0.5, 0.6) is 0 Å². The van der Waals surface area contributed by atoms with Gasteiger partial charge in [-0.25, -0.2) is 0 Å². The highest BCUT2D eigenvalue weighted by atomic mass is 32.2. The van der Waals surface area contributed by atoms with E-state index in [1.807, 2.05) is 18.8 Å². The molecule has 0 saturated carbocycles. The van der Waals surface area contributed by atoms with E-state index >= 15 is 0 Å². The van der Waals surface area contributed by atoms with Gasteiger partial charge in [0.05, 0.1) is 0 Å². The van der Waals surface area contributed by atoms with E-state index in [0.717, 1.165) is 5.75 Å². The Morgan fingerprint density at radius 3 is 2.24 bits per heavy atom. The van der Waals surface area contributed by atoms with Gasteiger partial charge < -0.3 is 5.32 Å². The van der Waals surface area contributed by atoms with E-state index in [9.17, 15) is 0 Å². The second-order valence-electron chi connectivity index (χ2n) is 5.46. The van der Waals surface area contributed by atoms with Crippen molar-refractivity contribution < 1.29 is 0 Å². The third-order valence-corrected chi connectivity index (χ3v) is 4.81. The predicted octanol–water partition coefficient (Wildman–Crippen LogP) is 5.00. The first-order valence-corrected chi connectivity index (χ1v) is 8.67. The van der Waals surface area contributed by atoms with E-state index in [-0.39, 0.29) is 0 Å². The summed E-state index contributed by atoms with van der Waals surface area (Å²) in [5.74, 6) is 1.05. The SMILES string of the molecule is CCCc1ccc(C(CSc2ccc(C)cc2)NC)cc1. The molecule has 0 aliphatic carbocycles. The zero-order valence-electron chi connectivity index (χ0n) is 13.2. The van der Waals surface area contributed by atoms with Crippen LogP contribution < -0.4 is 5.32 Å². The summed E-state index contributed by atoms with van der Waals surface area (Å²) in [5, 5.41) is 3.43. The third kappa shape index (κ3) is 4.90. The lowest BCUT2D eigenvalue weighted by Crippen LogP contribution is -2.18. The highest BCUT2D eigenvalue weighted by Gasteiger charge is 2.09. The molecule has 1 unspecified atom stereocenters. The number of benzene rings is 2. The first-order valence-electron chi connectivity index (χ1n) is 7.68. The van der Waals surface area contributed by atoms with Crippen molar-refractivity contribution in [3.05, 3.63) is 65.2 Å². The van der Waals surface area contributed by atoms with E-state index < -0.39 is 0 Å². The van der Waals surface area contributed by atoms with Crippen LogP contribution in [0.3, 0.4) is 0 Å². The van der Waals surface area contributed by atoms with Gasteiger partial charge in [-0.05, 0) is 43.7 Å². The van der Waals surface area contributed by atoms with Gasteiger partial charge in [0.1, 0.15) is 0 Å². The number of hydrogen-bond donors (Lipinski definition) is 1. The van der Waals surface area contributed by atoms with Gasteiger partial charge in [-0.2, -0.15) is 0 Å². The van der Waals surface area contributed by atoms with Crippen molar-refractivity contribution in [3.63, 3.8) is 0 Å². The Morgan fingerprint density at radius 1 is 1.00 bits per heavy atom. The lowest BCUT2D eigenvalue weighted by Gasteiger charge is -2.17. The predicted molar refractivity (Wildman–Crippen MR) is 94.1 cm³/mol. The molecule has 0 bridgehead atoms. The normalized spacial score (nSPS) is 12.3. The molecule has 1 atom stereocenters. The molecule has 1 nitrogen and oxygen atoms in total. The minimum absolute atomic E-state index is 0.395. The third-order valence-electron chi connectivity index (χ3n) is 3.71. The molecular weight excluding hydrogens is 274 g/mol. The largest absolute Gasteiger partial charge is 0.312 e. The molecule has 0 aromatic heterocycles. The van der Waals surface area contributed by atoms with Gasteiger partial charge in [-0.1, -0.05) is 55.3 Å². The zero-order chi connectivity index (χ0) is 15.1. The second kappa shape index (κ2) is 8.26. The quantitative estimate of drug-likeness (QED) is 0.722. The number of hydrogen-bond acceptors (Lipinski definition) is 2. The van der Waals surface area contributed by atoms with Gasteiger partial charge in [-0.15, -0.1) is 11.8 Å². The van der Waals surface area contributed by atoms with Crippen LogP contribution in [0.2, 0.25) is 0 Å². The van der Waals surface area contributed by atoms with Gasteiger partial charge in [0.2, 0.25) is 0 Å². The van der Waals surface area contributed by atoms with Crippen LogP contribution in [0.1, 0.15) is 36.1 Å². The van der Waals surface area contributed by atoms with Gasteiger partial charge in [0, 0.05) is 16.7 Å². The molecular formula is C19H25NS. The molecule has 2 aromatic carbocycles. The van der Waals surface area contributed by atoms with E-state index in [4.69, 9.17) is 0 Å². The van der Waals surface area contributed by atoms with Crippen LogP contribution in [0.4, 0.5) is 0 Å². The van der Waals surface area contributed by atoms with Crippen molar-refractivity contribution in [2.75, 3.05) is 12.8 Å². The minimum Gasteiger partial charge on any atom is -0.312 e. The molecule has 112 valence electrons. The van der Waals surface area contributed by atoms with Crippen molar-refractivity contribution in [2.45, 2.75) is 37.6 Å². The summed E-state index contributed by atoms with van der Waals surface area (Å²) in [6.45, 7) is 4.35. The van der Waals surface area contributed by atoms with Gasteiger partial charge in [0.25, 0.3) is 0 Å². The van der Waals surface area contributed by atoms with Crippen molar-refractivity contribution >= 4 is 11.8 Å². The van der Waals surface area contributed by atoms with Crippen LogP contribution >= 0.6 is 11.8 Å². The Labute approximate surface area is 133 Å². The van der Waals surface area contributed by atoms with Crippen LogP contribution in [-0.2, 0) is 6.42 Å². The molecule has 0 amide bonds. The molecule has 0 heterocycles. The monoisotopic (exact) mass is 299 g/mol. The van der Waals surface area contributed by atoms with Gasteiger partial charge >= 0.3 is 0 Å². The molecule has 0 aliphatic rings. The fourth-order valence-electron chi connectivity index (χ4n) is 2.37. The smallest absolute Gasteiger partial charge is 0.0412 e. The minimum atomic E-state index is 0.395. The van der Waals surface area contributed by atoms with Crippen molar-refractivity contribution in [3.8, 4) is 0 Å². The molecule has 0 aliphatic heterocycles. The lowest BCUT2D eigenvalue weighted by atomic mass is 10.0. The molecule has 0 saturated heterocycles. The first kappa shape index (κ1) is 16.1. The Kier molecular flexibility index (Phi) is 6.34. The topological polar surface area (TPSA) is 12.0 Å². The van der Waals surface area contributed by atoms with Gasteiger partial charge in [0.15, 0.2) is 0 Å². The Balaban J connectivity index is 1.97. The lowest BCUT2D eigenvalue weighted by molar-refractivity contribution is 0.661. The Morgan fingerprint density at radius 2 is 1.67 bits per heavy atom. The average molecular weight is 299 g/mol. The Bertz CT molecular complexity index is 530.